The fourth-order valence-electron chi connectivity index (χ4n) is 2.12. The molecule has 2 aromatic heterocycles. The van der Waals surface area contributed by atoms with Crippen molar-refractivity contribution in [2.45, 2.75) is 6.04 Å². The molecule has 0 spiro atoms. The Morgan fingerprint density at radius 1 is 1.27 bits per heavy atom. The SMILES string of the molecule is c1cc2cc[nH]c2c(C2CNCCN2)n1. The molecule has 0 saturated carbocycles. The van der Waals surface area contributed by atoms with Gasteiger partial charge in [0.15, 0.2) is 0 Å². The van der Waals surface area contributed by atoms with E-state index < -0.39 is 0 Å². The molecule has 1 aliphatic rings. The van der Waals surface area contributed by atoms with E-state index in [9.17, 15) is 0 Å². The van der Waals surface area contributed by atoms with Crippen LogP contribution in [0.1, 0.15) is 11.7 Å². The minimum absolute atomic E-state index is 0.320. The van der Waals surface area contributed by atoms with Gasteiger partial charge in [-0.3, -0.25) is 4.98 Å². The van der Waals surface area contributed by atoms with Crippen LogP contribution in [0.5, 0.6) is 0 Å². The van der Waals surface area contributed by atoms with E-state index in [0.717, 1.165) is 30.8 Å². The van der Waals surface area contributed by atoms with Crippen molar-refractivity contribution < 1.29 is 0 Å². The first-order valence-electron chi connectivity index (χ1n) is 5.31. The molecule has 78 valence electrons. The molecule has 1 fully saturated rings. The smallest absolute Gasteiger partial charge is 0.0826 e. The molecule has 0 bridgehead atoms. The van der Waals surface area contributed by atoms with Crippen molar-refractivity contribution in [2.24, 2.45) is 0 Å². The van der Waals surface area contributed by atoms with E-state index >= 15 is 0 Å². The molecule has 1 saturated heterocycles. The summed E-state index contributed by atoms with van der Waals surface area (Å²) >= 11 is 0. The minimum Gasteiger partial charge on any atom is -0.360 e. The lowest BCUT2D eigenvalue weighted by molar-refractivity contribution is 0.425. The van der Waals surface area contributed by atoms with Crippen LogP contribution in [0.2, 0.25) is 0 Å². The average Bonchev–Trinajstić information content (AvgIpc) is 2.78. The Hall–Kier alpha value is -1.39. The summed E-state index contributed by atoms with van der Waals surface area (Å²) < 4.78 is 0. The monoisotopic (exact) mass is 202 g/mol. The second kappa shape index (κ2) is 3.64. The van der Waals surface area contributed by atoms with Crippen molar-refractivity contribution in [2.75, 3.05) is 19.6 Å². The summed E-state index contributed by atoms with van der Waals surface area (Å²) in [6.45, 7) is 2.99. The number of aromatic nitrogens is 2. The number of H-pyrrole nitrogens is 1. The van der Waals surface area contributed by atoms with Gasteiger partial charge < -0.3 is 15.6 Å². The van der Waals surface area contributed by atoms with Gasteiger partial charge in [-0.25, -0.2) is 0 Å². The summed E-state index contributed by atoms with van der Waals surface area (Å²) in [4.78, 5) is 7.72. The van der Waals surface area contributed by atoms with Crippen LogP contribution >= 0.6 is 0 Å². The van der Waals surface area contributed by atoms with Crippen LogP contribution in [0.3, 0.4) is 0 Å². The van der Waals surface area contributed by atoms with Gasteiger partial charge in [0.2, 0.25) is 0 Å². The molecule has 3 heterocycles. The third kappa shape index (κ3) is 1.52. The number of rotatable bonds is 1. The summed E-state index contributed by atoms with van der Waals surface area (Å²) in [5.74, 6) is 0. The Morgan fingerprint density at radius 3 is 3.13 bits per heavy atom. The van der Waals surface area contributed by atoms with Crippen molar-refractivity contribution in [3.63, 3.8) is 0 Å². The molecule has 4 heteroatoms. The zero-order valence-corrected chi connectivity index (χ0v) is 8.46. The number of fused-ring (bicyclic) bond motifs is 1. The topological polar surface area (TPSA) is 52.7 Å². The summed E-state index contributed by atoms with van der Waals surface area (Å²) in [6.07, 6.45) is 3.84. The van der Waals surface area contributed by atoms with Crippen LogP contribution in [0.15, 0.2) is 24.5 Å². The van der Waals surface area contributed by atoms with Crippen molar-refractivity contribution >= 4 is 10.9 Å². The number of pyridine rings is 1. The number of piperazine rings is 1. The number of aromatic amines is 1. The van der Waals surface area contributed by atoms with Crippen molar-refractivity contribution in [3.05, 3.63) is 30.2 Å². The fourth-order valence-corrected chi connectivity index (χ4v) is 2.12. The van der Waals surface area contributed by atoms with Gasteiger partial charge in [0, 0.05) is 37.4 Å². The highest BCUT2D eigenvalue weighted by Gasteiger charge is 2.18. The van der Waals surface area contributed by atoms with Crippen LogP contribution in [0, 0.1) is 0 Å². The molecule has 1 unspecified atom stereocenters. The Kier molecular flexibility index (Phi) is 2.16. The molecule has 0 radical (unpaired) electrons. The Morgan fingerprint density at radius 2 is 2.27 bits per heavy atom. The van der Waals surface area contributed by atoms with Gasteiger partial charge in [-0.1, -0.05) is 0 Å². The molecule has 0 aliphatic carbocycles. The lowest BCUT2D eigenvalue weighted by atomic mass is 10.1. The average molecular weight is 202 g/mol. The zero-order chi connectivity index (χ0) is 10.1. The van der Waals surface area contributed by atoms with E-state index in [-0.39, 0.29) is 0 Å². The minimum atomic E-state index is 0.320. The molecule has 0 aromatic carbocycles. The van der Waals surface area contributed by atoms with E-state index in [4.69, 9.17) is 0 Å². The van der Waals surface area contributed by atoms with Gasteiger partial charge in [-0.05, 0) is 12.1 Å². The first-order valence-corrected chi connectivity index (χ1v) is 5.31. The molecule has 1 atom stereocenters. The standard InChI is InChI=1S/C11H14N4/c1-3-14-10-8(1)2-4-15-11(10)9-7-12-5-6-13-9/h1-4,9,12-14H,5-7H2. The molecule has 4 nitrogen and oxygen atoms in total. The highest BCUT2D eigenvalue weighted by molar-refractivity contribution is 5.81. The molecule has 3 N–H and O–H groups in total. The molecule has 15 heavy (non-hydrogen) atoms. The van der Waals surface area contributed by atoms with Gasteiger partial charge in [-0.15, -0.1) is 0 Å². The van der Waals surface area contributed by atoms with Crippen molar-refractivity contribution in [1.29, 1.82) is 0 Å². The van der Waals surface area contributed by atoms with Gasteiger partial charge in [0.05, 0.1) is 17.3 Å². The maximum Gasteiger partial charge on any atom is 0.0826 e. The van der Waals surface area contributed by atoms with E-state index in [1.54, 1.807) is 0 Å². The number of hydrogen-bond donors (Lipinski definition) is 3. The molecule has 1 aliphatic heterocycles. The number of nitrogens with one attached hydrogen (secondary N) is 3. The summed E-state index contributed by atoms with van der Waals surface area (Å²) in [5, 5.41) is 8.08. The molecule has 3 rings (SSSR count). The van der Waals surface area contributed by atoms with Crippen molar-refractivity contribution in [1.82, 2.24) is 20.6 Å². The Labute approximate surface area is 88.1 Å². The summed E-state index contributed by atoms with van der Waals surface area (Å²) in [6, 6.07) is 4.43. The molecule has 2 aromatic rings. The van der Waals surface area contributed by atoms with Crippen LogP contribution < -0.4 is 10.6 Å². The second-order valence-electron chi connectivity index (χ2n) is 3.85. The summed E-state index contributed by atoms with van der Waals surface area (Å²) in [5.41, 5.74) is 2.27. The van der Waals surface area contributed by atoms with Gasteiger partial charge >= 0.3 is 0 Å². The molecule has 0 amide bonds. The van der Waals surface area contributed by atoms with Crippen molar-refractivity contribution in [3.8, 4) is 0 Å². The van der Waals surface area contributed by atoms with Crippen LogP contribution in [0.4, 0.5) is 0 Å². The lowest BCUT2D eigenvalue weighted by Gasteiger charge is -2.24. The Balaban J connectivity index is 2.05. The van der Waals surface area contributed by atoms with Gasteiger partial charge in [0.25, 0.3) is 0 Å². The molecular formula is C11H14N4. The largest absolute Gasteiger partial charge is 0.360 e. The summed E-state index contributed by atoms with van der Waals surface area (Å²) in [7, 11) is 0. The Bertz CT molecular complexity index is 456. The van der Waals surface area contributed by atoms with Crippen LogP contribution in [-0.2, 0) is 0 Å². The van der Waals surface area contributed by atoms with Crippen LogP contribution in [0.25, 0.3) is 10.9 Å². The first-order chi connectivity index (χ1) is 7.45. The third-order valence-electron chi connectivity index (χ3n) is 2.87. The second-order valence-corrected chi connectivity index (χ2v) is 3.85. The van der Waals surface area contributed by atoms with E-state index in [0.29, 0.717) is 6.04 Å². The number of hydrogen-bond acceptors (Lipinski definition) is 3. The van der Waals surface area contributed by atoms with Crippen LogP contribution in [-0.4, -0.2) is 29.6 Å². The predicted octanol–water partition coefficient (Wildman–Crippen LogP) is 0.797. The third-order valence-corrected chi connectivity index (χ3v) is 2.87. The maximum atomic E-state index is 4.47. The quantitative estimate of drug-likeness (QED) is 0.641. The van der Waals surface area contributed by atoms with E-state index in [2.05, 4.69) is 26.7 Å². The van der Waals surface area contributed by atoms with Gasteiger partial charge in [0.1, 0.15) is 0 Å². The lowest BCUT2D eigenvalue weighted by Crippen LogP contribution is -2.43. The van der Waals surface area contributed by atoms with E-state index in [1.165, 1.54) is 5.39 Å². The van der Waals surface area contributed by atoms with E-state index in [1.807, 2.05) is 18.5 Å². The maximum absolute atomic E-state index is 4.47. The highest BCUT2D eigenvalue weighted by atomic mass is 15.1. The molecular weight excluding hydrogens is 188 g/mol. The predicted molar refractivity (Wildman–Crippen MR) is 59.7 cm³/mol. The normalized spacial score (nSPS) is 22.0. The highest BCUT2D eigenvalue weighted by Crippen LogP contribution is 2.20. The fraction of sp³-hybridized carbons (Fsp3) is 0.364. The first kappa shape index (κ1) is 8.88. The number of nitrogens with zero attached hydrogens (tertiary/aromatic N) is 1. The van der Waals surface area contributed by atoms with Gasteiger partial charge in [-0.2, -0.15) is 0 Å². The zero-order valence-electron chi connectivity index (χ0n) is 8.46.